The number of hydrogen-bond acceptors (Lipinski definition) is 3. The third kappa shape index (κ3) is 2.69. The molecule has 0 spiro atoms. The second kappa shape index (κ2) is 5.19. The van der Waals surface area contributed by atoms with Gasteiger partial charge < -0.3 is 10.1 Å². The van der Waals surface area contributed by atoms with Crippen LogP contribution in [-0.4, -0.2) is 26.2 Å². The van der Waals surface area contributed by atoms with Crippen LogP contribution in [0, 0.1) is 0 Å². The molecule has 0 aromatic heterocycles. The van der Waals surface area contributed by atoms with Crippen LogP contribution in [0.15, 0.2) is 28.7 Å². The summed E-state index contributed by atoms with van der Waals surface area (Å²) in [5, 5.41) is 3.34. The van der Waals surface area contributed by atoms with E-state index in [-0.39, 0.29) is 11.4 Å². The van der Waals surface area contributed by atoms with Gasteiger partial charge in [-0.05, 0) is 30.7 Å². The van der Waals surface area contributed by atoms with Gasteiger partial charge in [0.2, 0.25) is 0 Å². The lowest BCUT2D eigenvalue weighted by atomic mass is 9.77. The van der Waals surface area contributed by atoms with E-state index in [0.29, 0.717) is 6.42 Å². The Morgan fingerprint density at radius 2 is 2.18 bits per heavy atom. The van der Waals surface area contributed by atoms with Gasteiger partial charge in [-0.2, -0.15) is 0 Å². The van der Waals surface area contributed by atoms with Crippen LogP contribution in [0.3, 0.4) is 0 Å². The van der Waals surface area contributed by atoms with Gasteiger partial charge >= 0.3 is 5.97 Å². The highest BCUT2D eigenvalue weighted by Crippen LogP contribution is 2.35. The molecule has 3 nitrogen and oxygen atoms in total. The Hall–Kier alpha value is -0.870. The average molecular weight is 298 g/mol. The van der Waals surface area contributed by atoms with Crippen molar-refractivity contribution in [2.75, 3.05) is 20.2 Å². The van der Waals surface area contributed by atoms with Crippen LogP contribution in [0.25, 0.3) is 0 Å². The molecule has 4 heteroatoms. The summed E-state index contributed by atoms with van der Waals surface area (Å²) in [6, 6.07) is 8.21. The minimum absolute atomic E-state index is 0.103. The van der Waals surface area contributed by atoms with Crippen LogP contribution in [-0.2, 0) is 14.9 Å². The van der Waals surface area contributed by atoms with E-state index in [1.807, 2.05) is 12.1 Å². The number of halogens is 1. The van der Waals surface area contributed by atoms with Gasteiger partial charge in [0.25, 0.3) is 0 Å². The zero-order chi connectivity index (χ0) is 12.3. The Balaban J connectivity index is 2.27. The molecule has 0 saturated carbocycles. The summed E-state index contributed by atoms with van der Waals surface area (Å²) in [5.74, 6) is -0.142. The van der Waals surface area contributed by atoms with E-state index in [9.17, 15) is 4.79 Å². The number of carbonyl (C=O) groups is 1. The van der Waals surface area contributed by atoms with Gasteiger partial charge in [0.1, 0.15) is 0 Å². The van der Waals surface area contributed by atoms with Crippen molar-refractivity contribution in [2.45, 2.75) is 18.3 Å². The maximum absolute atomic E-state index is 11.6. The minimum atomic E-state index is -0.142. The maximum atomic E-state index is 11.6. The Morgan fingerprint density at radius 1 is 1.47 bits per heavy atom. The molecular formula is C13H16BrNO2. The standard InChI is InChI=1S/C13H16BrNO2/c1-17-12(16)8-13(6-7-15-9-13)10-2-4-11(14)5-3-10/h2-5,15H,6-9H2,1H3. The van der Waals surface area contributed by atoms with Crippen LogP contribution < -0.4 is 5.32 Å². The summed E-state index contributed by atoms with van der Waals surface area (Å²) < 4.78 is 5.86. The highest BCUT2D eigenvalue weighted by Gasteiger charge is 2.37. The third-order valence-corrected chi connectivity index (χ3v) is 3.94. The normalized spacial score (nSPS) is 23.6. The van der Waals surface area contributed by atoms with E-state index in [4.69, 9.17) is 4.74 Å². The number of ether oxygens (including phenoxy) is 1. The zero-order valence-corrected chi connectivity index (χ0v) is 11.4. The molecule has 0 bridgehead atoms. The average Bonchev–Trinajstić information content (AvgIpc) is 2.79. The van der Waals surface area contributed by atoms with Crippen molar-refractivity contribution in [1.29, 1.82) is 0 Å². The van der Waals surface area contributed by atoms with Crippen LogP contribution in [0.5, 0.6) is 0 Å². The van der Waals surface area contributed by atoms with Crippen molar-refractivity contribution in [3.8, 4) is 0 Å². The minimum Gasteiger partial charge on any atom is -0.469 e. The summed E-state index contributed by atoms with van der Waals surface area (Å²) >= 11 is 3.43. The Labute approximate surface area is 110 Å². The van der Waals surface area contributed by atoms with Crippen molar-refractivity contribution >= 4 is 21.9 Å². The predicted octanol–water partition coefficient (Wildman–Crippen LogP) is 2.24. The first-order valence-electron chi connectivity index (χ1n) is 5.70. The summed E-state index contributed by atoms with van der Waals surface area (Å²) in [6.45, 7) is 1.79. The van der Waals surface area contributed by atoms with Crippen molar-refractivity contribution in [3.05, 3.63) is 34.3 Å². The van der Waals surface area contributed by atoms with E-state index in [1.54, 1.807) is 0 Å². The van der Waals surface area contributed by atoms with Crippen LogP contribution in [0.4, 0.5) is 0 Å². The van der Waals surface area contributed by atoms with Crippen molar-refractivity contribution in [3.63, 3.8) is 0 Å². The summed E-state index contributed by atoms with van der Waals surface area (Å²) in [4.78, 5) is 11.6. The van der Waals surface area contributed by atoms with Gasteiger partial charge in [-0.3, -0.25) is 4.79 Å². The number of rotatable bonds is 3. The monoisotopic (exact) mass is 297 g/mol. The molecular weight excluding hydrogens is 282 g/mol. The fraction of sp³-hybridized carbons (Fsp3) is 0.462. The molecule has 92 valence electrons. The first-order valence-corrected chi connectivity index (χ1v) is 6.49. The van der Waals surface area contributed by atoms with Gasteiger partial charge in [-0.25, -0.2) is 0 Å². The molecule has 1 heterocycles. The number of carbonyl (C=O) groups excluding carboxylic acids is 1. The first-order chi connectivity index (χ1) is 8.16. The lowest BCUT2D eigenvalue weighted by Crippen LogP contribution is -2.32. The quantitative estimate of drug-likeness (QED) is 0.870. The molecule has 2 rings (SSSR count). The third-order valence-electron chi connectivity index (χ3n) is 3.41. The second-order valence-corrected chi connectivity index (χ2v) is 5.38. The van der Waals surface area contributed by atoms with Gasteiger partial charge in [0.05, 0.1) is 13.5 Å². The molecule has 1 aliphatic rings. The highest BCUT2D eigenvalue weighted by atomic mass is 79.9. The molecule has 1 unspecified atom stereocenters. The van der Waals surface area contributed by atoms with Crippen LogP contribution >= 0.6 is 15.9 Å². The molecule has 1 fully saturated rings. The molecule has 1 atom stereocenters. The van der Waals surface area contributed by atoms with Gasteiger partial charge in [-0.15, -0.1) is 0 Å². The predicted molar refractivity (Wildman–Crippen MR) is 69.9 cm³/mol. The topological polar surface area (TPSA) is 38.3 Å². The Kier molecular flexibility index (Phi) is 3.84. The number of nitrogens with one attached hydrogen (secondary N) is 1. The van der Waals surface area contributed by atoms with Crippen molar-refractivity contribution in [1.82, 2.24) is 5.32 Å². The van der Waals surface area contributed by atoms with Gasteiger partial charge in [-0.1, -0.05) is 28.1 Å². The molecule has 1 aromatic carbocycles. The zero-order valence-electron chi connectivity index (χ0n) is 9.83. The van der Waals surface area contributed by atoms with Crippen molar-refractivity contribution in [2.24, 2.45) is 0 Å². The fourth-order valence-corrected chi connectivity index (χ4v) is 2.66. The lowest BCUT2D eigenvalue weighted by Gasteiger charge is -2.27. The molecule has 0 amide bonds. The smallest absolute Gasteiger partial charge is 0.306 e. The SMILES string of the molecule is COC(=O)CC1(c2ccc(Br)cc2)CCNC1. The van der Waals surface area contributed by atoms with Crippen LogP contribution in [0.2, 0.25) is 0 Å². The summed E-state index contributed by atoms with van der Waals surface area (Å²) in [7, 11) is 1.44. The number of hydrogen-bond donors (Lipinski definition) is 1. The molecule has 1 aromatic rings. The fourth-order valence-electron chi connectivity index (χ4n) is 2.39. The van der Waals surface area contributed by atoms with E-state index in [0.717, 1.165) is 24.0 Å². The number of esters is 1. The molecule has 1 N–H and O–H groups in total. The summed E-state index contributed by atoms with van der Waals surface area (Å²) in [5.41, 5.74) is 1.10. The van der Waals surface area contributed by atoms with Crippen LogP contribution in [0.1, 0.15) is 18.4 Å². The van der Waals surface area contributed by atoms with E-state index in [2.05, 4.69) is 33.4 Å². The first kappa shape index (κ1) is 12.6. The number of methoxy groups -OCH3 is 1. The number of benzene rings is 1. The lowest BCUT2D eigenvalue weighted by molar-refractivity contribution is -0.142. The van der Waals surface area contributed by atoms with E-state index in [1.165, 1.54) is 12.7 Å². The Morgan fingerprint density at radius 3 is 2.71 bits per heavy atom. The Bertz CT molecular complexity index is 396. The van der Waals surface area contributed by atoms with Crippen molar-refractivity contribution < 1.29 is 9.53 Å². The van der Waals surface area contributed by atoms with E-state index < -0.39 is 0 Å². The van der Waals surface area contributed by atoms with Gasteiger partial charge in [0.15, 0.2) is 0 Å². The molecule has 0 aliphatic carbocycles. The van der Waals surface area contributed by atoms with E-state index >= 15 is 0 Å². The molecule has 1 saturated heterocycles. The molecule has 17 heavy (non-hydrogen) atoms. The maximum Gasteiger partial charge on any atom is 0.306 e. The molecule has 1 aliphatic heterocycles. The van der Waals surface area contributed by atoms with Gasteiger partial charge in [0, 0.05) is 16.4 Å². The molecule has 0 radical (unpaired) electrons. The summed E-state index contributed by atoms with van der Waals surface area (Å²) in [6.07, 6.45) is 1.42. The highest BCUT2D eigenvalue weighted by molar-refractivity contribution is 9.10. The second-order valence-electron chi connectivity index (χ2n) is 4.47. The largest absolute Gasteiger partial charge is 0.469 e.